The second-order valence-electron chi connectivity index (χ2n) is 3.55. The summed E-state index contributed by atoms with van der Waals surface area (Å²) in [5.41, 5.74) is 1.37. The summed E-state index contributed by atoms with van der Waals surface area (Å²) < 4.78 is 0. The van der Waals surface area contributed by atoms with Gasteiger partial charge in [0.25, 0.3) is 0 Å². The predicted octanol–water partition coefficient (Wildman–Crippen LogP) is 1.89. The molecule has 1 fully saturated rings. The molecule has 1 rings (SSSR count). The highest BCUT2D eigenvalue weighted by molar-refractivity contribution is 6.00. The van der Waals surface area contributed by atoms with E-state index in [2.05, 4.69) is 6.92 Å². The molecule has 0 aliphatic heterocycles. The zero-order valence-corrected chi connectivity index (χ0v) is 7.59. The fourth-order valence-corrected chi connectivity index (χ4v) is 1.56. The third kappa shape index (κ3) is 1.81. The number of hydrogen-bond donors (Lipinski definition) is 0. The van der Waals surface area contributed by atoms with Crippen LogP contribution in [0.15, 0.2) is 11.1 Å². The lowest BCUT2D eigenvalue weighted by Crippen LogP contribution is -2.16. The largest absolute Gasteiger partial charge is 0.298 e. The molecule has 1 aliphatic carbocycles. The highest BCUT2D eigenvalue weighted by atomic mass is 16.1. The SMILES string of the molecule is C/C(C=O)=C1/CCC(C)CC1=O. The molecule has 1 aliphatic rings. The van der Waals surface area contributed by atoms with Gasteiger partial charge in [0.1, 0.15) is 6.29 Å². The molecule has 0 heterocycles. The van der Waals surface area contributed by atoms with Gasteiger partial charge in [-0.25, -0.2) is 0 Å². The van der Waals surface area contributed by atoms with Crippen LogP contribution in [0.1, 0.15) is 33.1 Å². The van der Waals surface area contributed by atoms with Crippen LogP contribution in [0.4, 0.5) is 0 Å². The van der Waals surface area contributed by atoms with E-state index < -0.39 is 0 Å². The van der Waals surface area contributed by atoms with Crippen molar-refractivity contribution in [3.8, 4) is 0 Å². The number of carbonyl (C=O) groups is 2. The first-order valence-electron chi connectivity index (χ1n) is 4.33. The number of Topliss-reactive ketones (excluding diaryl/α,β-unsaturated/α-hetero) is 1. The van der Waals surface area contributed by atoms with Crippen LogP contribution >= 0.6 is 0 Å². The molecule has 12 heavy (non-hydrogen) atoms. The number of rotatable bonds is 1. The summed E-state index contributed by atoms with van der Waals surface area (Å²) in [4.78, 5) is 21.8. The Morgan fingerprint density at radius 2 is 2.25 bits per heavy atom. The van der Waals surface area contributed by atoms with E-state index in [1.807, 2.05) is 0 Å². The van der Waals surface area contributed by atoms with E-state index in [0.29, 0.717) is 17.9 Å². The molecule has 1 saturated carbocycles. The molecule has 1 unspecified atom stereocenters. The van der Waals surface area contributed by atoms with Gasteiger partial charge in [0, 0.05) is 12.0 Å². The van der Waals surface area contributed by atoms with Crippen molar-refractivity contribution in [3.63, 3.8) is 0 Å². The van der Waals surface area contributed by atoms with E-state index in [-0.39, 0.29) is 5.78 Å². The number of aldehydes is 1. The van der Waals surface area contributed by atoms with Crippen LogP contribution in [-0.2, 0) is 9.59 Å². The average molecular weight is 166 g/mol. The Morgan fingerprint density at radius 3 is 2.75 bits per heavy atom. The number of ketones is 1. The molecule has 2 nitrogen and oxygen atoms in total. The first kappa shape index (κ1) is 9.17. The van der Waals surface area contributed by atoms with Crippen molar-refractivity contribution in [2.75, 3.05) is 0 Å². The predicted molar refractivity (Wildman–Crippen MR) is 46.8 cm³/mol. The quantitative estimate of drug-likeness (QED) is 0.440. The maximum absolute atomic E-state index is 11.4. The highest BCUT2D eigenvalue weighted by Gasteiger charge is 2.21. The normalized spacial score (nSPS) is 28.5. The number of allylic oxidation sites excluding steroid dienone is 2. The maximum Gasteiger partial charge on any atom is 0.159 e. The summed E-state index contributed by atoms with van der Waals surface area (Å²) in [7, 11) is 0. The zero-order chi connectivity index (χ0) is 9.14. The minimum absolute atomic E-state index is 0.165. The van der Waals surface area contributed by atoms with Crippen LogP contribution in [0, 0.1) is 5.92 Å². The molecule has 0 bridgehead atoms. The Labute approximate surface area is 72.7 Å². The molecule has 0 aromatic carbocycles. The lowest BCUT2D eigenvalue weighted by atomic mass is 9.84. The van der Waals surface area contributed by atoms with Crippen molar-refractivity contribution in [3.05, 3.63) is 11.1 Å². The molecular weight excluding hydrogens is 152 g/mol. The van der Waals surface area contributed by atoms with E-state index in [1.165, 1.54) is 0 Å². The summed E-state index contributed by atoms with van der Waals surface area (Å²) in [6, 6.07) is 0. The van der Waals surface area contributed by atoms with E-state index in [1.54, 1.807) is 6.92 Å². The van der Waals surface area contributed by atoms with E-state index >= 15 is 0 Å². The summed E-state index contributed by atoms with van der Waals surface area (Å²) >= 11 is 0. The Balaban J connectivity index is 2.81. The first-order chi connectivity index (χ1) is 5.65. The fraction of sp³-hybridized carbons (Fsp3) is 0.600. The van der Waals surface area contributed by atoms with Crippen molar-refractivity contribution >= 4 is 12.1 Å². The van der Waals surface area contributed by atoms with Gasteiger partial charge >= 0.3 is 0 Å². The smallest absolute Gasteiger partial charge is 0.159 e. The topological polar surface area (TPSA) is 34.1 Å². The lowest BCUT2D eigenvalue weighted by molar-refractivity contribution is -0.117. The zero-order valence-electron chi connectivity index (χ0n) is 7.59. The van der Waals surface area contributed by atoms with Gasteiger partial charge in [0.05, 0.1) is 0 Å². The Kier molecular flexibility index (Phi) is 2.79. The fourth-order valence-electron chi connectivity index (χ4n) is 1.56. The minimum atomic E-state index is 0.165. The molecule has 0 aromatic rings. The molecule has 0 amide bonds. The van der Waals surface area contributed by atoms with Crippen LogP contribution in [-0.4, -0.2) is 12.1 Å². The van der Waals surface area contributed by atoms with Gasteiger partial charge in [-0.3, -0.25) is 9.59 Å². The minimum Gasteiger partial charge on any atom is -0.298 e. The molecular formula is C10H14O2. The summed E-state index contributed by atoms with van der Waals surface area (Å²) in [6.45, 7) is 3.79. The second-order valence-corrected chi connectivity index (χ2v) is 3.55. The molecule has 0 aromatic heterocycles. The van der Waals surface area contributed by atoms with Gasteiger partial charge in [0.2, 0.25) is 0 Å². The third-order valence-electron chi connectivity index (χ3n) is 2.41. The van der Waals surface area contributed by atoms with Crippen molar-refractivity contribution < 1.29 is 9.59 Å². The van der Waals surface area contributed by atoms with Gasteiger partial charge in [0.15, 0.2) is 5.78 Å². The van der Waals surface area contributed by atoms with Gasteiger partial charge < -0.3 is 0 Å². The van der Waals surface area contributed by atoms with Crippen LogP contribution in [0.2, 0.25) is 0 Å². The van der Waals surface area contributed by atoms with Crippen molar-refractivity contribution in [1.29, 1.82) is 0 Å². The van der Waals surface area contributed by atoms with E-state index in [9.17, 15) is 9.59 Å². The maximum atomic E-state index is 11.4. The van der Waals surface area contributed by atoms with E-state index in [4.69, 9.17) is 0 Å². The van der Waals surface area contributed by atoms with Crippen molar-refractivity contribution in [2.24, 2.45) is 5.92 Å². The summed E-state index contributed by atoms with van der Waals surface area (Å²) in [5.74, 6) is 0.652. The van der Waals surface area contributed by atoms with Crippen molar-refractivity contribution in [2.45, 2.75) is 33.1 Å². The Morgan fingerprint density at radius 1 is 1.58 bits per heavy atom. The molecule has 0 spiro atoms. The molecule has 1 atom stereocenters. The summed E-state index contributed by atoms with van der Waals surface area (Å²) in [5, 5.41) is 0. The monoisotopic (exact) mass is 166 g/mol. The van der Waals surface area contributed by atoms with Gasteiger partial charge in [-0.1, -0.05) is 6.92 Å². The van der Waals surface area contributed by atoms with Gasteiger partial charge in [-0.2, -0.15) is 0 Å². The molecule has 66 valence electrons. The van der Waals surface area contributed by atoms with E-state index in [0.717, 1.165) is 24.7 Å². The van der Waals surface area contributed by atoms with Crippen LogP contribution < -0.4 is 0 Å². The van der Waals surface area contributed by atoms with Gasteiger partial charge in [-0.15, -0.1) is 0 Å². The molecule has 0 radical (unpaired) electrons. The van der Waals surface area contributed by atoms with Crippen LogP contribution in [0.3, 0.4) is 0 Å². The lowest BCUT2D eigenvalue weighted by Gasteiger charge is -2.19. The standard InChI is InChI=1S/C10H14O2/c1-7-3-4-9(8(2)6-11)10(12)5-7/h6-7H,3-5H2,1-2H3/b9-8+. The number of carbonyl (C=O) groups excluding carboxylic acids is 2. The second kappa shape index (κ2) is 3.65. The third-order valence-corrected chi connectivity index (χ3v) is 2.41. The Bertz CT molecular complexity index is 238. The molecule has 2 heteroatoms. The molecule has 0 saturated heterocycles. The van der Waals surface area contributed by atoms with Crippen LogP contribution in [0.5, 0.6) is 0 Å². The average Bonchev–Trinajstić information content (AvgIpc) is 2.03. The number of hydrogen-bond acceptors (Lipinski definition) is 2. The van der Waals surface area contributed by atoms with Gasteiger partial charge in [-0.05, 0) is 31.3 Å². The van der Waals surface area contributed by atoms with Crippen LogP contribution in [0.25, 0.3) is 0 Å². The Hall–Kier alpha value is -0.920. The first-order valence-corrected chi connectivity index (χ1v) is 4.33. The highest BCUT2D eigenvalue weighted by Crippen LogP contribution is 2.26. The van der Waals surface area contributed by atoms with Crippen molar-refractivity contribution in [1.82, 2.24) is 0 Å². The summed E-state index contributed by atoms with van der Waals surface area (Å²) in [6.07, 6.45) is 3.21. The molecule has 0 N–H and O–H groups in total.